The number of urea groups is 1. The van der Waals surface area contributed by atoms with Gasteiger partial charge in [0.15, 0.2) is 0 Å². The van der Waals surface area contributed by atoms with E-state index in [1.807, 2.05) is 13.2 Å². The van der Waals surface area contributed by atoms with Gasteiger partial charge in [0.2, 0.25) is 0 Å². The van der Waals surface area contributed by atoms with Crippen molar-refractivity contribution in [3.63, 3.8) is 0 Å². The minimum Gasteiger partial charge on any atom is -0.481 e. The van der Waals surface area contributed by atoms with E-state index in [0.717, 1.165) is 5.75 Å². The van der Waals surface area contributed by atoms with E-state index in [9.17, 15) is 9.59 Å². The van der Waals surface area contributed by atoms with Crippen LogP contribution in [0.3, 0.4) is 0 Å². The van der Waals surface area contributed by atoms with Crippen LogP contribution in [0.4, 0.5) is 4.79 Å². The molecule has 0 aliphatic heterocycles. The van der Waals surface area contributed by atoms with Crippen LogP contribution in [-0.4, -0.2) is 41.7 Å². The standard InChI is InChI=1S/C10H20N2O3S/c1-7(5-16-4)12-9(15)11-6-10(2,3)8(13)14/h7H,5-6H2,1-4H3,(H,13,14)(H2,11,12,15). The van der Waals surface area contributed by atoms with Crippen molar-refractivity contribution in [1.29, 1.82) is 0 Å². The maximum atomic E-state index is 11.4. The van der Waals surface area contributed by atoms with Crippen LogP contribution in [0, 0.1) is 5.41 Å². The minimum atomic E-state index is -0.944. The van der Waals surface area contributed by atoms with E-state index < -0.39 is 11.4 Å². The van der Waals surface area contributed by atoms with Gasteiger partial charge in [0.25, 0.3) is 0 Å². The third kappa shape index (κ3) is 5.85. The average molecular weight is 248 g/mol. The number of carbonyl (C=O) groups is 2. The van der Waals surface area contributed by atoms with Gasteiger partial charge in [-0.25, -0.2) is 4.79 Å². The van der Waals surface area contributed by atoms with Gasteiger partial charge >= 0.3 is 12.0 Å². The molecular weight excluding hydrogens is 228 g/mol. The molecule has 0 saturated carbocycles. The lowest BCUT2D eigenvalue weighted by molar-refractivity contribution is -0.146. The highest BCUT2D eigenvalue weighted by molar-refractivity contribution is 7.98. The summed E-state index contributed by atoms with van der Waals surface area (Å²) in [5.74, 6) is -0.0969. The van der Waals surface area contributed by atoms with Crippen molar-refractivity contribution >= 4 is 23.8 Å². The molecule has 0 rings (SSSR count). The summed E-state index contributed by atoms with van der Waals surface area (Å²) < 4.78 is 0. The molecule has 0 fully saturated rings. The van der Waals surface area contributed by atoms with Gasteiger partial charge in [0.05, 0.1) is 5.41 Å². The molecule has 3 N–H and O–H groups in total. The first-order valence-electron chi connectivity index (χ1n) is 5.06. The molecule has 6 heteroatoms. The maximum Gasteiger partial charge on any atom is 0.315 e. The molecule has 0 aliphatic carbocycles. The highest BCUT2D eigenvalue weighted by Gasteiger charge is 2.27. The number of thioether (sulfide) groups is 1. The number of hydrogen-bond donors (Lipinski definition) is 3. The smallest absolute Gasteiger partial charge is 0.315 e. The molecular formula is C10H20N2O3S. The number of hydrogen-bond acceptors (Lipinski definition) is 3. The summed E-state index contributed by atoms with van der Waals surface area (Å²) in [4.78, 5) is 22.2. The molecule has 0 aromatic rings. The monoisotopic (exact) mass is 248 g/mol. The number of carbonyl (C=O) groups excluding carboxylic acids is 1. The van der Waals surface area contributed by atoms with E-state index in [2.05, 4.69) is 10.6 Å². The number of nitrogens with one attached hydrogen (secondary N) is 2. The fraction of sp³-hybridized carbons (Fsp3) is 0.800. The van der Waals surface area contributed by atoms with Crippen molar-refractivity contribution in [2.24, 2.45) is 5.41 Å². The molecule has 0 radical (unpaired) electrons. The summed E-state index contributed by atoms with van der Waals surface area (Å²) in [7, 11) is 0. The second-order valence-electron chi connectivity index (χ2n) is 4.37. The fourth-order valence-electron chi connectivity index (χ4n) is 0.943. The summed E-state index contributed by atoms with van der Waals surface area (Å²) in [5.41, 5.74) is -0.944. The first-order chi connectivity index (χ1) is 7.29. The van der Waals surface area contributed by atoms with Crippen molar-refractivity contribution in [3.05, 3.63) is 0 Å². The van der Waals surface area contributed by atoms with Gasteiger partial charge < -0.3 is 15.7 Å². The van der Waals surface area contributed by atoms with Gasteiger partial charge in [-0.2, -0.15) is 11.8 Å². The quantitative estimate of drug-likeness (QED) is 0.659. The number of amides is 2. The molecule has 94 valence electrons. The highest BCUT2D eigenvalue weighted by Crippen LogP contribution is 2.12. The van der Waals surface area contributed by atoms with Crippen molar-refractivity contribution in [1.82, 2.24) is 10.6 Å². The fourth-order valence-corrected chi connectivity index (χ4v) is 1.53. The van der Waals surface area contributed by atoms with Crippen LogP contribution in [0.15, 0.2) is 0 Å². The largest absolute Gasteiger partial charge is 0.481 e. The van der Waals surface area contributed by atoms with E-state index in [0.29, 0.717) is 0 Å². The Bertz CT molecular complexity index is 256. The zero-order chi connectivity index (χ0) is 12.8. The first kappa shape index (κ1) is 15.1. The third-order valence-corrected chi connectivity index (χ3v) is 2.90. The maximum absolute atomic E-state index is 11.4. The molecule has 0 bridgehead atoms. The van der Waals surface area contributed by atoms with Gasteiger partial charge in [-0.1, -0.05) is 0 Å². The summed E-state index contributed by atoms with van der Waals surface area (Å²) >= 11 is 1.64. The molecule has 0 aliphatic rings. The zero-order valence-electron chi connectivity index (χ0n) is 10.2. The zero-order valence-corrected chi connectivity index (χ0v) is 11.0. The Morgan fingerprint density at radius 1 is 1.44 bits per heavy atom. The normalized spacial score (nSPS) is 13.0. The van der Waals surface area contributed by atoms with E-state index in [1.165, 1.54) is 0 Å². The van der Waals surface area contributed by atoms with Crippen molar-refractivity contribution in [2.45, 2.75) is 26.8 Å². The Morgan fingerprint density at radius 3 is 2.44 bits per heavy atom. The molecule has 5 nitrogen and oxygen atoms in total. The van der Waals surface area contributed by atoms with Gasteiger partial charge in [0, 0.05) is 18.3 Å². The second kappa shape index (κ2) is 6.62. The van der Waals surface area contributed by atoms with E-state index in [1.54, 1.807) is 25.6 Å². The van der Waals surface area contributed by atoms with Crippen molar-refractivity contribution < 1.29 is 14.7 Å². The lowest BCUT2D eigenvalue weighted by Gasteiger charge is -2.20. The van der Waals surface area contributed by atoms with Crippen LogP contribution in [0.2, 0.25) is 0 Å². The van der Waals surface area contributed by atoms with Crippen LogP contribution in [-0.2, 0) is 4.79 Å². The molecule has 0 aromatic heterocycles. The van der Waals surface area contributed by atoms with E-state index in [-0.39, 0.29) is 18.6 Å². The predicted molar refractivity (Wildman–Crippen MR) is 65.8 cm³/mol. The number of carboxylic acid groups (broad SMARTS) is 1. The summed E-state index contributed by atoms with van der Waals surface area (Å²) in [6, 6.07) is -0.251. The Morgan fingerprint density at radius 2 is 2.00 bits per heavy atom. The Labute approximate surface area is 100 Å². The van der Waals surface area contributed by atoms with Crippen LogP contribution in [0.5, 0.6) is 0 Å². The molecule has 16 heavy (non-hydrogen) atoms. The molecule has 1 atom stereocenters. The predicted octanol–water partition coefficient (Wildman–Crippen LogP) is 1.15. The summed E-state index contributed by atoms with van der Waals surface area (Å²) in [5, 5.41) is 14.1. The summed E-state index contributed by atoms with van der Waals surface area (Å²) in [6.07, 6.45) is 1.96. The number of aliphatic carboxylic acids is 1. The Balaban J connectivity index is 3.94. The van der Waals surface area contributed by atoms with Crippen molar-refractivity contribution in [3.8, 4) is 0 Å². The van der Waals surface area contributed by atoms with Crippen LogP contribution in [0.25, 0.3) is 0 Å². The molecule has 0 aromatic carbocycles. The third-order valence-electron chi connectivity index (χ3n) is 2.06. The lowest BCUT2D eigenvalue weighted by Crippen LogP contribution is -2.46. The number of rotatable bonds is 6. The topological polar surface area (TPSA) is 78.4 Å². The first-order valence-corrected chi connectivity index (χ1v) is 6.45. The molecule has 0 heterocycles. The second-order valence-corrected chi connectivity index (χ2v) is 5.28. The van der Waals surface area contributed by atoms with Gasteiger partial charge in [0.1, 0.15) is 0 Å². The molecule has 1 unspecified atom stereocenters. The van der Waals surface area contributed by atoms with Gasteiger partial charge in [-0.15, -0.1) is 0 Å². The van der Waals surface area contributed by atoms with Gasteiger partial charge in [-0.3, -0.25) is 4.79 Å². The molecule has 2 amide bonds. The average Bonchev–Trinajstić information content (AvgIpc) is 2.15. The van der Waals surface area contributed by atoms with Crippen LogP contribution in [0.1, 0.15) is 20.8 Å². The minimum absolute atomic E-state index is 0.0722. The highest BCUT2D eigenvalue weighted by atomic mass is 32.2. The Hall–Kier alpha value is -0.910. The SMILES string of the molecule is CSCC(C)NC(=O)NCC(C)(C)C(=O)O. The molecule has 0 spiro atoms. The van der Waals surface area contributed by atoms with Crippen LogP contribution >= 0.6 is 11.8 Å². The lowest BCUT2D eigenvalue weighted by atomic mass is 9.94. The summed E-state index contributed by atoms with van der Waals surface area (Å²) in [6.45, 7) is 5.15. The number of carboxylic acids is 1. The van der Waals surface area contributed by atoms with E-state index in [4.69, 9.17) is 5.11 Å². The van der Waals surface area contributed by atoms with Gasteiger partial charge in [-0.05, 0) is 27.0 Å². The Kier molecular flexibility index (Phi) is 6.25. The van der Waals surface area contributed by atoms with Crippen molar-refractivity contribution in [2.75, 3.05) is 18.6 Å². The van der Waals surface area contributed by atoms with E-state index >= 15 is 0 Å². The molecule has 0 saturated heterocycles. The van der Waals surface area contributed by atoms with Crippen LogP contribution < -0.4 is 10.6 Å².